The third kappa shape index (κ3) is 5.12. The fourth-order valence-electron chi connectivity index (χ4n) is 1.14. The van der Waals surface area contributed by atoms with Gasteiger partial charge in [-0.3, -0.25) is 0 Å². The van der Waals surface area contributed by atoms with E-state index in [1.807, 2.05) is 0 Å². The van der Waals surface area contributed by atoms with Gasteiger partial charge >= 0.3 is 0 Å². The quantitative estimate of drug-likeness (QED) is 0.712. The highest BCUT2D eigenvalue weighted by Gasteiger charge is 2.19. The molecule has 74 valence electrons. The molecule has 0 aliphatic carbocycles. The molecule has 0 heterocycles. The second-order valence-electron chi connectivity index (χ2n) is 3.89. The van der Waals surface area contributed by atoms with Crippen molar-refractivity contribution in [2.75, 3.05) is 31.6 Å². The molecule has 0 atom stereocenters. The minimum atomic E-state index is 0.256. The highest BCUT2D eigenvalue weighted by atomic mass is 79.9. The lowest BCUT2D eigenvalue weighted by atomic mass is 9.96. The molecule has 0 saturated heterocycles. The van der Waals surface area contributed by atoms with Gasteiger partial charge in [0.05, 0.1) is 6.61 Å². The van der Waals surface area contributed by atoms with Crippen molar-refractivity contribution < 1.29 is 5.11 Å². The molecule has 0 aliphatic rings. The van der Waals surface area contributed by atoms with E-state index in [4.69, 9.17) is 5.11 Å². The molecule has 0 rings (SSSR count). The summed E-state index contributed by atoms with van der Waals surface area (Å²) >= 11 is 3.49. The van der Waals surface area contributed by atoms with Gasteiger partial charge in [0.25, 0.3) is 0 Å². The largest absolute Gasteiger partial charge is 0.395 e. The van der Waals surface area contributed by atoms with Crippen molar-refractivity contribution in [1.29, 1.82) is 0 Å². The molecule has 12 heavy (non-hydrogen) atoms. The van der Waals surface area contributed by atoms with Crippen molar-refractivity contribution in [2.45, 2.75) is 20.8 Å². The van der Waals surface area contributed by atoms with Crippen LogP contribution in [0.25, 0.3) is 0 Å². The summed E-state index contributed by atoms with van der Waals surface area (Å²) in [6, 6.07) is 0. The molecule has 0 fully saturated rings. The zero-order valence-electron chi connectivity index (χ0n) is 8.31. The van der Waals surface area contributed by atoms with E-state index in [0.29, 0.717) is 5.41 Å². The lowest BCUT2D eigenvalue weighted by molar-refractivity contribution is 0.161. The van der Waals surface area contributed by atoms with E-state index in [1.165, 1.54) is 0 Å². The van der Waals surface area contributed by atoms with Crippen molar-refractivity contribution >= 4 is 15.9 Å². The summed E-state index contributed by atoms with van der Waals surface area (Å²) in [4.78, 5) is 2.27. The second-order valence-corrected chi connectivity index (χ2v) is 4.45. The highest BCUT2D eigenvalue weighted by molar-refractivity contribution is 9.09. The first-order valence-corrected chi connectivity index (χ1v) is 5.57. The standard InChI is InChI=1S/C9H20BrNO/c1-4-11(5-6-12)8-9(2,3)7-10/h12H,4-8H2,1-3H3. The van der Waals surface area contributed by atoms with Crippen molar-refractivity contribution in [2.24, 2.45) is 5.41 Å². The van der Waals surface area contributed by atoms with Crippen molar-refractivity contribution in [1.82, 2.24) is 4.90 Å². The molecule has 2 nitrogen and oxygen atoms in total. The number of aliphatic hydroxyl groups is 1. The Morgan fingerprint density at radius 2 is 2.00 bits per heavy atom. The number of hydrogen-bond donors (Lipinski definition) is 1. The van der Waals surface area contributed by atoms with E-state index in [2.05, 4.69) is 41.6 Å². The van der Waals surface area contributed by atoms with Gasteiger partial charge < -0.3 is 10.0 Å². The van der Waals surface area contributed by atoms with Gasteiger partial charge in [-0.1, -0.05) is 36.7 Å². The van der Waals surface area contributed by atoms with Crippen molar-refractivity contribution in [3.8, 4) is 0 Å². The maximum absolute atomic E-state index is 8.78. The van der Waals surface area contributed by atoms with Crippen LogP contribution in [-0.2, 0) is 0 Å². The van der Waals surface area contributed by atoms with Gasteiger partial charge in [-0.15, -0.1) is 0 Å². The Kier molecular flexibility index (Phi) is 6.14. The highest BCUT2D eigenvalue weighted by Crippen LogP contribution is 2.19. The molecule has 0 aromatic carbocycles. The fraction of sp³-hybridized carbons (Fsp3) is 1.00. The van der Waals surface area contributed by atoms with Gasteiger partial charge in [0.15, 0.2) is 0 Å². The van der Waals surface area contributed by atoms with E-state index >= 15 is 0 Å². The van der Waals surface area contributed by atoms with Crippen LogP contribution in [0.15, 0.2) is 0 Å². The van der Waals surface area contributed by atoms with Gasteiger partial charge in [0.1, 0.15) is 0 Å². The number of hydrogen-bond acceptors (Lipinski definition) is 2. The van der Waals surface area contributed by atoms with Crippen LogP contribution in [0.5, 0.6) is 0 Å². The normalized spacial score (nSPS) is 12.5. The molecule has 1 N–H and O–H groups in total. The van der Waals surface area contributed by atoms with Crippen LogP contribution >= 0.6 is 15.9 Å². The third-order valence-corrected chi connectivity index (χ3v) is 3.39. The van der Waals surface area contributed by atoms with E-state index in [0.717, 1.165) is 25.0 Å². The average molecular weight is 238 g/mol. The summed E-state index contributed by atoms with van der Waals surface area (Å²) < 4.78 is 0. The molecule has 0 aliphatic heterocycles. The van der Waals surface area contributed by atoms with Crippen LogP contribution in [0.4, 0.5) is 0 Å². The predicted octanol–water partition coefficient (Wildman–Crippen LogP) is 1.72. The number of aliphatic hydroxyl groups excluding tert-OH is 1. The lowest BCUT2D eigenvalue weighted by Crippen LogP contribution is -2.36. The number of likely N-dealkylation sites (N-methyl/N-ethyl adjacent to an activating group) is 1. The first kappa shape index (κ1) is 12.4. The van der Waals surface area contributed by atoms with Crippen LogP contribution in [-0.4, -0.2) is 41.6 Å². The average Bonchev–Trinajstić information content (AvgIpc) is 2.03. The van der Waals surface area contributed by atoms with E-state index in [9.17, 15) is 0 Å². The maximum atomic E-state index is 8.78. The summed E-state index contributed by atoms with van der Waals surface area (Å²) in [5.41, 5.74) is 0.297. The zero-order valence-corrected chi connectivity index (χ0v) is 9.89. The SMILES string of the molecule is CCN(CCO)CC(C)(C)CBr. The molecule has 0 aromatic rings. The summed E-state index contributed by atoms with van der Waals surface area (Å²) in [6.07, 6.45) is 0. The van der Waals surface area contributed by atoms with Gasteiger partial charge in [0, 0.05) is 18.4 Å². The monoisotopic (exact) mass is 237 g/mol. The van der Waals surface area contributed by atoms with Crippen LogP contribution in [0, 0.1) is 5.41 Å². The first-order chi connectivity index (χ1) is 5.55. The Labute approximate surface area is 84.1 Å². The summed E-state index contributed by atoms with van der Waals surface area (Å²) in [5, 5.41) is 9.79. The second kappa shape index (κ2) is 5.95. The van der Waals surface area contributed by atoms with E-state index in [-0.39, 0.29) is 6.61 Å². The Balaban J connectivity index is 3.83. The minimum Gasteiger partial charge on any atom is -0.395 e. The minimum absolute atomic E-state index is 0.256. The topological polar surface area (TPSA) is 23.5 Å². The van der Waals surface area contributed by atoms with E-state index < -0.39 is 0 Å². The summed E-state index contributed by atoms with van der Waals surface area (Å²) in [5.74, 6) is 0. The molecular formula is C9H20BrNO. The fourth-order valence-corrected chi connectivity index (χ4v) is 1.32. The number of alkyl halides is 1. The molecule has 0 radical (unpaired) electrons. The summed E-state index contributed by atoms with van der Waals surface area (Å²) in [7, 11) is 0. The molecule has 3 heteroatoms. The molecule has 0 amide bonds. The molecule has 0 unspecified atom stereocenters. The number of nitrogens with zero attached hydrogens (tertiary/aromatic N) is 1. The molecule has 0 spiro atoms. The lowest BCUT2D eigenvalue weighted by Gasteiger charge is -2.30. The summed E-state index contributed by atoms with van der Waals surface area (Å²) in [6.45, 7) is 9.66. The molecule has 0 aromatic heterocycles. The number of rotatable bonds is 6. The van der Waals surface area contributed by atoms with Gasteiger partial charge in [-0.25, -0.2) is 0 Å². The Hall–Kier alpha value is 0.400. The van der Waals surface area contributed by atoms with Crippen LogP contribution in [0.2, 0.25) is 0 Å². The van der Waals surface area contributed by atoms with Crippen LogP contribution < -0.4 is 0 Å². The Bertz CT molecular complexity index is 117. The van der Waals surface area contributed by atoms with E-state index in [1.54, 1.807) is 0 Å². The van der Waals surface area contributed by atoms with Gasteiger partial charge in [-0.2, -0.15) is 0 Å². The van der Waals surface area contributed by atoms with Gasteiger partial charge in [-0.05, 0) is 12.0 Å². The van der Waals surface area contributed by atoms with Gasteiger partial charge in [0.2, 0.25) is 0 Å². The molecular weight excluding hydrogens is 218 g/mol. The molecule has 0 saturated carbocycles. The smallest absolute Gasteiger partial charge is 0.0558 e. The van der Waals surface area contributed by atoms with Crippen LogP contribution in [0.3, 0.4) is 0 Å². The predicted molar refractivity (Wildman–Crippen MR) is 56.8 cm³/mol. The Morgan fingerprint density at radius 3 is 2.33 bits per heavy atom. The first-order valence-electron chi connectivity index (χ1n) is 4.45. The zero-order chi connectivity index (χ0) is 9.61. The number of halogens is 1. The molecule has 0 bridgehead atoms. The van der Waals surface area contributed by atoms with Crippen LogP contribution in [0.1, 0.15) is 20.8 Å². The van der Waals surface area contributed by atoms with Crippen molar-refractivity contribution in [3.63, 3.8) is 0 Å². The van der Waals surface area contributed by atoms with Crippen molar-refractivity contribution in [3.05, 3.63) is 0 Å². The third-order valence-electron chi connectivity index (χ3n) is 1.88. The maximum Gasteiger partial charge on any atom is 0.0558 e. The Morgan fingerprint density at radius 1 is 1.42 bits per heavy atom.